The van der Waals surface area contributed by atoms with Crippen molar-refractivity contribution in [2.24, 2.45) is 0 Å². The van der Waals surface area contributed by atoms with Gasteiger partial charge in [-0.05, 0) is 37.6 Å². The van der Waals surface area contributed by atoms with Crippen molar-refractivity contribution >= 4 is 0 Å². The second-order valence-electron chi connectivity index (χ2n) is 4.79. The minimum absolute atomic E-state index is 0.182. The maximum atomic E-state index is 5.22. The quantitative estimate of drug-likeness (QED) is 0.843. The van der Waals surface area contributed by atoms with E-state index < -0.39 is 0 Å². The molecule has 0 bridgehead atoms. The molecule has 1 unspecified atom stereocenters. The average Bonchev–Trinajstić information content (AvgIpc) is 2.97. The highest BCUT2D eigenvalue weighted by atomic mass is 16.5. The van der Waals surface area contributed by atoms with E-state index in [1.807, 2.05) is 23.0 Å². The zero-order valence-corrected chi connectivity index (χ0v) is 12.5. The third kappa shape index (κ3) is 3.39. The molecule has 4 nitrogen and oxygen atoms in total. The molecular weight excluding hydrogens is 250 g/mol. The Kier molecular flexibility index (Phi) is 5.18. The molecule has 1 aromatic heterocycles. The molecular formula is C16H23N3O. The Hall–Kier alpha value is -1.81. The summed E-state index contributed by atoms with van der Waals surface area (Å²) in [6.07, 6.45) is 5.16. The van der Waals surface area contributed by atoms with Crippen LogP contribution in [0.2, 0.25) is 0 Å². The molecule has 0 fully saturated rings. The van der Waals surface area contributed by atoms with Gasteiger partial charge in [-0.3, -0.25) is 4.68 Å². The number of ether oxygens (including phenoxy) is 1. The summed E-state index contributed by atoms with van der Waals surface area (Å²) < 4.78 is 7.18. The SMILES string of the molecule is CCCNC(c1ccc(OC)cc1)c1cnn(CC)c1. The van der Waals surface area contributed by atoms with E-state index in [9.17, 15) is 0 Å². The molecule has 1 atom stereocenters. The summed E-state index contributed by atoms with van der Waals surface area (Å²) in [4.78, 5) is 0. The van der Waals surface area contributed by atoms with Crippen LogP contribution in [0.25, 0.3) is 0 Å². The lowest BCUT2D eigenvalue weighted by Gasteiger charge is -2.18. The van der Waals surface area contributed by atoms with Gasteiger partial charge < -0.3 is 10.1 Å². The molecule has 0 saturated heterocycles. The predicted octanol–water partition coefficient (Wildman–Crippen LogP) is 3.00. The monoisotopic (exact) mass is 273 g/mol. The molecule has 0 amide bonds. The molecule has 1 aromatic carbocycles. The second-order valence-corrected chi connectivity index (χ2v) is 4.79. The zero-order valence-electron chi connectivity index (χ0n) is 12.5. The molecule has 1 heterocycles. The molecule has 0 spiro atoms. The van der Waals surface area contributed by atoms with E-state index in [4.69, 9.17) is 4.74 Å². The number of methoxy groups -OCH3 is 1. The van der Waals surface area contributed by atoms with Gasteiger partial charge in [0.2, 0.25) is 0 Å². The van der Waals surface area contributed by atoms with Crippen LogP contribution in [0.1, 0.15) is 37.4 Å². The number of hydrogen-bond donors (Lipinski definition) is 1. The number of benzene rings is 1. The van der Waals surface area contributed by atoms with Crippen LogP contribution in [0.4, 0.5) is 0 Å². The van der Waals surface area contributed by atoms with Gasteiger partial charge in [0.1, 0.15) is 5.75 Å². The molecule has 2 aromatic rings. The maximum absolute atomic E-state index is 5.22. The van der Waals surface area contributed by atoms with Gasteiger partial charge in [-0.25, -0.2) is 0 Å². The Morgan fingerprint density at radius 3 is 2.50 bits per heavy atom. The molecule has 0 radical (unpaired) electrons. The van der Waals surface area contributed by atoms with Crippen molar-refractivity contribution in [2.75, 3.05) is 13.7 Å². The average molecular weight is 273 g/mol. The van der Waals surface area contributed by atoms with Crippen LogP contribution in [0.3, 0.4) is 0 Å². The minimum Gasteiger partial charge on any atom is -0.497 e. The van der Waals surface area contributed by atoms with Gasteiger partial charge in [0.05, 0.1) is 19.3 Å². The molecule has 0 aliphatic heterocycles. The maximum Gasteiger partial charge on any atom is 0.118 e. The highest BCUT2D eigenvalue weighted by Gasteiger charge is 2.15. The Morgan fingerprint density at radius 1 is 1.20 bits per heavy atom. The van der Waals surface area contributed by atoms with E-state index in [-0.39, 0.29) is 6.04 Å². The van der Waals surface area contributed by atoms with E-state index >= 15 is 0 Å². The van der Waals surface area contributed by atoms with Crippen molar-refractivity contribution in [1.29, 1.82) is 0 Å². The first kappa shape index (κ1) is 14.6. The molecule has 2 rings (SSSR count). The van der Waals surface area contributed by atoms with Crippen molar-refractivity contribution in [3.05, 3.63) is 47.8 Å². The van der Waals surface area contributed by atoms with Crippen LogP contribution in [0.15, 0.2) is 36.7 Å². The first-order valence-corrected chi connectivity index (χ1v) is 7.18. The Bertz CT molecular complexity index is 519. The number of nitrogens with zero attached hydrogens (tertiary/aromatic N) is 2. The number of rotatable bonds is 7. The van der Waals surface area contributed by atoms with Crippen molar-refractivity contribution in [1.82, 2.24) is 15.1 Å². The fourth-order valence-corrected chi connectivity index (χ4v) is 2.21. The molecule has 0 aliphatic rings. The summed E-state index contributed by atoms with van der Waals surface area (Å²) >= 11 is 0. The Labute approximate surface area is 120 Å². The summed E-state index contributed by atoms with van der Waals surface area (Å²) in [5.74, 6) is 0.882. The molecule has 108 valence electrons. The minimum atomic E-state index is 0.182. The molecule has 4 heteroatoms. The lowest BCUT2D eigenvalue weighted by atomic mass is 10.0. The van der Waals surface area contributed by atoms with Crippen molar-refractivity contribution < 1.29 is 4.74 Å². The van der Waals surface area contributed by atoms with Gasteiger partial charge in [-0.2, -0.15) is 5.10 Å². The lowest BCUT2D eigenvalue weighted by molar-refractivity contribution is 0.414. The predicted molar refractivity (Wildman–Crippen MR) is 81.0 cm³/mol. The van der Waals surface area contributed by atoms with Gasteiger partial charge in [0.15, 0.2) is 0 Å². The van der Waals surface area contributed by atoms with Crippen molar-refractivity contribution in [3.8, 4) is 5.75 Å². The highest BCUT2D eigenvalue weighted by molar-refractivity contribution is 5.34. The van der Waals surface area contributed by atoms with Gasteiger partial charge in [0, 0.05) is 18.3 Å². The van der Waals surface area contributed by atoms with Gasteiger partial charge >= 0.3 is 0 Å². The summed E-state index contributed by atoms with van der Waals surface area (Å²) in [6, 6.07) is 8.40. The van der Waals surface area contributed by atoms with E-state index in [2.05, 4.69) is 42.6 Å². The van der Waals surface area contributed by atoms with Crippen LogP contribution in [0.5, 0.6) is 5.75 Å². The van der Waals surface area contributed by atoms with Crippen molar-refractivity contribution in [2.45, 2.75) is 32.9 Å². The van der Waals surface area contributed by atoms with Crippen LogP contribution >= 0.6 is 0 Å². The number of hydrogen-bond acceptors (Lipinski definition) is 3. The third-order valence-electron chi connectivity index (χ3n) is 3.36. The van der Waals surface area contributed by atoms with E-state index in [0.717, 1.165) is 25.3 Å². The van der Waals surface area contributed by atoms with E-state index in [1.54, 1.807) is 7.11 Å². The van der Waals surface area contributed by atoms with Crippen LogP contribution in [-0.4, -0.2) is 23.4 Å². The number of nitrogens with one attached hydrogen (secondary N) is 1. The van der Waals surface area contributed by atoms with E-state index in [1.165, 1.54) is 11.1 Å². The molecule has 0 aliphatic carbocycles. The highest BCUT2D eigenvalue weighted by Crippen LogP contribution is 2.23. The zero-order chi connectivity index (χ0) is 14.4. The smallest absolute Gasteiger partial charge is 0.118 e. The fourth-order valence-electron chi connectivity index (χ4n) is 2.21. The largest absolute Gasteiger partial charge is 0.497 e. The topological polar surface area (TPSA) is 39.1 Å². The Balaban J connectivity index is 2.25. The lowest BCUT2D eigenvalue weighted by Crippen LogP contribution is -2.22. The third-order valence-corrected chi connectivity index (χ3v) is 3.36. The second kappa shape index (κ2) is 7.10. The first-order chi connectivity index (χ1) is 9.78. The standard InChI is InChI=1S/C16H23N3O/c1-4-10-17-16(14-11-18-19(5-2)12-14)13-6-8-15(20-3)9-7-13/h6-9,11-12,16-17H,4-5,10H2,1-3H3. The summed E-state index contributed by atoms with van der Waals surface area (Å²) in [6.45, 7) is 6.14. The normalized spacial score (nSPS) is 12.3. The number of aromatic nitrogens is 2. The van der Waals surface area contributed by atoms with Gasteiger partial charge in [0.25, 0.3) is 0 Å². The molecule has 0 saturated carbocycles. The number of aryl methyl sites for hydroxylation is 1. The fraction of sp³-hybridized carbons (Fsp3) is 0.438. The molecule has 1 N–H and O–H groups in total. The summed E-state index contributed by atoms with van der Waals surface area (Å²) in [5.41, 5.74) is 2.43. The van der Waals surface area contributed by atoms with E-state index in [0.29, 0.717) is 0 Å². The van der Waals surface area contributed by atoms with Crippen molar-refractivity contribution in [3.63, 3.8) is 0 Å². The van der Waals surface area contributed by atoms with Crippen LogP contribution < -0.4 is 10.1 Å². The summed E-state index contributed by atoms with van der Waals surface area (Å²) in [5, 5.41) is 7.96. The first-order valence-electron chi connectivity index (χ1n) is 7.18. The van der Waals surface area contributed by atoms with Gasteiger partial charge in [-0.15, -0.1) is 0 Å². The molecule has 20 heavy (non-hydrogen) atoms. The summed E-state index contributed by atoms with van der Waals surface area (Å²) in [7, 11) is 1.69. The van der Waals surface area contributed by atoms with Crippen LogP contribution in [-0.2, 0) is 6.54 Å². The Morgan fingerprint density at radius 2 is 1.95 bits per heavy atom. The van der Waals surface area contributed by atoms with Crippen LogP contribution in [0, 0.1) is 0 Å². The van der Waals surface area contributed by atoms with Gasteiger partial charge in [-0.1, -0.05) is 19.1 Å².